The van der Waals surface area contributed by atoms with Crippen molar-refractivity contribution >= 4 is 21.7 Å². The number of alkyl halides is 3. The summed E-state index contributed by atoms with van der Waals surface area (Å²) in [5.74, 6) is -1.16. The van der Waals surface area contributed by atoms with Crippen LogP contribution < -0.4 is 4.90 Å². The van der Waals surface area contributed by atoms with E-state index in [-0.39, 0.29) is 5.57 Å². The second kappa shape index (κ2) is 7.46. The Balaban J connectivity index is 2.24. The Hall–Kier alpha value is -2.81. The fourth-order valence-electron chi connectivity index (χ4n) is 3.71. The molecule has 30 heavy (non-hydrogen) atoms. The number of nitrogens with zero attached hydrogens (tertiary/aromatic N) is 1. The average molecular weight is 439 g/mol. The zero-order valence-electron chi connectivity index (χ0n) is 16.5. The minimum atomic E-state index is -5.94. The lowest BCUT2D eigenvalue weighted by Gasteiger charge is -2.47. The van der Waals surface area contributed by atoms with Crippen LogP contribution in [-0.2, 0) is 19.1 Å². The molecule has 0 radical (unpaired) electrons. The van der Waals surface area contributed by atoms with Crippen LogP contribution in [0.15, 0.2) is 72.0 Å². The van der Waals surface area contributed by atoms with Gasteiger partial charge in [0.25, 0.3) is 5.91 Å². The Morgan fingerprint density at radius 1 is 0.967 bits per heavy atom. The fraction of sp³-hybridized carbons (Fsp3) is 0.286. The van der Waals surface area contributed by atoms with Crippen LogP contribution in [0.2, 0.25) is 0 Å². The first-order valence-electron chi connectivity index (χ1n) is 9.03. The Bertz CT molecular complexity index is 1080. The summed E-state index contributed by atoms with van der Waals surface area (Å²) in [5.41, 5.74) is -5.96. The second-order valence-corrected chi connectivity index (χ2v) is 9.02. The Morgan fingerprint density at radius 3 is 1.97 bits per heavy atom. The monoisotopic (exact) mass is 439 g/mol. The summed E-state index contributed by atoms with van der Waals surface area (Å²) in [6.07, 6.45) is 0. The van der Waals surface area contributed by atoms with Crippen molar-refractivity contribution in [2.24, 2.45) is 5.41 Å². The van der Waals surface area contributed by atoms with Crippen LogP contribution in [0.1, 0.15) is 32.4 Å². The quantitative estimate of drug-likeness (QED) is 0.500. The van der Waals surface area contributed by atoms with Gasteiger partial charge in [0, 0.05) is 11.1 Å². The van der Waals surface area contributed by atoms with Gasteiger partial charge in [0.05, 0.1) is 11.6 Å². The van der Waals surface area contributed by atoms with E-state index < -0.39 is 38.7 Å². The minimum Gasteiger partial charge on any atom is -0.379 e. The van der Waals surface area contributed by atoms with Crippen LogP contribution in [0.4, 0.5) is 18.9 Å². The molecule has 2 aromatic carbocycles. The van der Waals surface area contributed by atoms with Gasteiger partial charge < -0.3 is 9.08 Å². The number of rotatable bonds is 4. The number of carbonyl (C=O) groups excluding carboxylic acids is 1. The highest BCUT2D eigenvalue weighted by molar-refractivity contribution is 7.87. The molecule has 0 saturated heterocycles. The van der Waals surface area contributed by atoms with Crippen LogP contribution in [0.3, 0.4) is 0 Å². The standard InChI is InChI=1S/C21H20F3NO4S/c1-14-18(29-30(27,28)21(22,23)24)20(2,3)17(15-10-6-4-7-11-15)25(19(14)26)16-12-8-5-9-13-16/h4-13,17H,1-3H3. The number of para-hydroxylation sites is 1. The summed E-state index contributed by atoms with van der Waals surface area (Å²) in [5, 5.41) is 0. The number of anilines is 1. The van der Waals surface area contributed by atoms with Crippen molar-refractivity contribution in [3.63, 3.8) is 0 Å². The van der Waals surface area contributed by atoms with Crippen LogP contribution in [0, 0.1) is 5.41 Å². The Kier molecular flexibility index (Phi) is 5.44. The van der Waals surface area contributed by atoms with E-state index in [1.165, 1.54) is 11.8 Å². The SMILES string of the molecule is CC1=C(OS(=O)(=O)C(F)(F)F)C(C)(C)C(c2ccccc2)N(c2ccccc2)C1=O. The zero-order chi connectivity index (χ0) is 22.3. The largest absolute Gasteiger partial charge is 0.534 e. The predicted molar refractivity (Wildman–Crippen MR) is 106 cm³/mol. The van der Waals surface area contributed by atoms with Crippen molar-refractivity contribution in [1.29, 1.82) is 0 Å². The molecule has 0 N–H and O–H groups in total. The fourth-order valence-corrected chi connectivity index (χ4v) is 4.36. The van der Waals surface area contributed by atoms with Crippen molar-refractivity contribution in [2.45, 2.75) is 32.3 Å². The smallest absolute Gasteiger partial charge is 0.379 e. The molecule has 2 aromatic rings. The molecule has 1 heterocycles. The maximum Gasteiger partial charge on any atom is 0.534 e. The summed E-state index contributed by atoms with van der Waals surface area (Å²) >= 11 is 0. The van der Waals surface area contributed by atoms with Gasteiger partial charge in [0.1, 0.15) is 5.76 Å². The third-order valence-electron chi connectivity index (χ3n) is 5.03. The molecule has 0 fully saturated rings. The Morgan fingerprint density at radius 2 is 1.47 bits per heavy atom. The summed E-state index contributed by atoms with van der Waals surface area (Å²) in [4.78, 5) is 14.7. The van der Waals surface area contributed by atoms with Gasteiger partial charge >= 0.3 is 15.6 Å². The number of hydrogen-bond donors (Lipinski definition) is 0. The molecule has 0 spiro atoms. The summed E-state index contributed by atoms with van der Waals surface area (Å²) < 4.78 is 67.0. The van der Waals surface area contributed by atoms with Crippen molar-refractivity contribution in [2.75, 3.05) is 4.90 Å². The van der Waals surface area contributed by atoms with E-state index in [4.69, 9.17) is 0 Å². The van der Waals surface area contributed by atoms with E-state index in [0.717, 1.165) is 0 Å². The molecule has 3 rings (SSSR count). The molecule has 1 aliphatic heterocycles. The van der Waals surface area contributed by atoms with E-state index in [9.17, 15) is 26.4 Å². The molecule has 1 amide bonds. The van der Waals surface area contributed by atoms with Gasteiger partial charge in [0.15, 0.2) is 0 Å². The van der Waals surface area contributed by atoms with Gasteiger partial charge in [-0.25, -0.2) is 0 Å². The molecule has 9 heteroatoms. The molecule has 1 atom stereocenters. The maximum absolute atomic E-state index is 13.3. The van der Waals surface area contributed by atoms with Crippen molar-refractivity contribution in [3.8, 4) is 0 Å². The molecule has 160 valence electrons. The molecule has 1 aliphatic rings. The second-order valence-electron chi connectivity index (χ2n) is 7.48. The van der Waals surface area contributed by atoms with Gasteiger partial charge in [-0.15, -0.1) is 0 Å². The lowest BCUT2D eigenvalue weighted by molar-refractivity contribution is -0.117. The molecule has 5 nitrogen and oxygen atoms in total. The van der Waals surface area contributed by atoms with Crippen LogP contribution in [0.25, 0.3) is 0 Å². The van der Waals surface area contributed by atoms with Crippen molar-refractivity contribution < 1.29 is 30.6 Å². The van der Waals surface area contributed by atoms with E-state index in [2.05, 4.69) is 4.18 Å². The highest BCUT2D eigenvalue weighted by Crippen LogP contribution is 2.51. The average Bonchev–Trinajstić information content (AvgIpc) is 2.68. The summed E-state index contributed by atoms with van der Waals surface area (Å²) in [7, 11) is -5.94. The maximum atomic E-state index is 13.3. The number of halogens is 3. The topological polar surface area (TPSA) is 63.7 Å². The lowest BCUT2D eigenvalue weighted by atomic mass is 9.73. The molecule has 0 bridgehead atoms. The molecule has 0 aromatic heterocycles. The first-order valence-corrected chi connectivity index (χ1v) is 10.4. The van der Waals surface area contributed by atoms with Crippen LogP contribution in [-0.4, -0.2) is 19.8 Å². The van der Waals surface area contributed by atoms with E-state index >= 15 is 0 Å². The Labute approximate surface area is 172 Å². The third-order valence-corrected chi connectivity index (χ3v) is 5.99. The molecular weight excluding hydrogens is 419 g/mol. The van der Waals surface area contributed by atoms with Gasteiger partial charge in [-0.05, 0) is 24.6 Å². The van der Waals surface area contributed by atoms with Gasteiger partial charge in [0.2, 0.25) is 0 Å². The third kappa shape index (κ3) is 3.69. The minimum absolute atomic E-state index is 0.205. The van der Waals surface area contributed by atoms with E-state index in [1.807, 2.05) is 0 Å². The number of carbonyl (C=O) groups is 1. The molecule has 0 aliphatic carbocycles. The summed E-state index contributed by atoms with van der Waals surface area (Å²) in [6, 6.07) is 16.5. The van der Waals surface area contributed by atoms with Gasteiger partial charge in [-0.2, -0.15) is 21.6 Å². The predicted octanol–water partition coefficient (Wildman–Crippen LogP) is 4.94. The first kappa shape index (κ1) is 21.9. The number of amides is 1. The highest BCUT2D eigenvalue weighted by Gasteiger charge is 2.54. The first-order chi connectivity index (χ1) is 13.9. The molecular formula is C21H20F3NO4S. The zero-order valence-corrected chi connectivity index (χ0v) is 17.3. The molecule has 0 saturated carbocycles. The summed E-state index contributed by atoms with van der Waals surface area (Å²) in [6.45, 7) is 4.37. The number of hydrogen-bond acceptors (Lipinski definition) is 4. The highest BCUT2D eigenvalue weighted by atomic mass is 32.2. The van der Waals surface area contributed by atoms with Crippen molar-refractivity contribution in [1.82, 2.24) is 0 Å². The van der Waals surface area contributed by atoms with Crippen LogP contribution >= 0.6 is 0 Å². The van der Waals surface area contributed by atoms with Crippen LogP contribution in [0.5, 0.6) is 0 Å². The van der Waals surface area contributed by atoms with Gasteiger partial charge in [-0.3, -0.25) is 4.79 Å². The normalized spacial score (nSPS) is 19.7. The van der Waals surface area contributed by atoms with E-state index in [1.54, 1.807) is 74.5 Å². The number of benzene rings is 2. The lowest BCUT2D eigenvalue weighted by Crippen LogP contribution is -2.49. The van der Waals surface area contributed by atoms with Gasteiger partial charge in [-0.1, -0.05) is 62.4 Å². The van der Waals surface area contributed by atoms with Crippen molar-refractivity contribution in [3.05, 3.63) is 77.6 Å². The molecule has 1 unspecified atom stereocenters. The van der Waals surface area contributed by atoms with E-state index in [0.29, 0.717) is 11.3 Å².